The Morgan fingerprint density at radius 1 is 1.22 bits per heavy atom. The fourth-order valence-corrected chi connectivity index (χ4v) is 2.24. The zero-order valence-corrected chi connectivity index (χ0v) is 12.8. The van der Waals surface area contributed by atoms with Gasteiger partial charge in [-0.2, -0.15) is 13.2 Å². The smallest absolute Gasteiger partial charge is 0.416 e. The van der Waals surface area contributed by atoms with Crippen LogP contribution in [-0.4, -0.2) is 13.0 Å². The van der Waals surface area contributed by atoms with E-state index in [4.69, 9.17) is 16.3 Å². The van der Waals surface area contributed by atoms with E-state index in [0.29, 0.717) is 5.02 Å². The van der Waals surface area contributed by atoms with Gasteiger partial charge < -0.3 is 10.1 Å². The van der Waals surface area contributed by atoms with Crippen LogP contribution in [0, 0.1) is 0 Å². The summed E-state index contributed by atoms with van der Waals surface area (Å²) in [6, 6.07) is 9.50. The van der Waals surface area contributed by atoms with Crippen LogP contribution in [0.2, 0.25) is 5.02 Å². The lowest BCUT2D eigenvalue weighted by Crippen LogP contribution is -2.25. The second-order valence-corrected chi connectivity index (χ2v) is 5.12. The minimum Gasteiger partial charge on any atom is -0.496 e. The Morgan fingerprint density at radius 2 is 1.91 bits per heavy atom. The van der Waals surface area contributed by atoms with Gasteiger partial charge in [-0.05, 0) is 29.8 Å². The van der Waals surface area contributed by atoms with Gasteiger partial charge >= 0.3 is 6.18 Å². The molecule has 0 aliphatic rings. The number of hydrogen-bond donors (Lipinski definition) is 1. The number of carbonyl (C=O) groups excluding carboxylic acids is 1. The van der Waals surface area contributed by atoms with Crippen molar-refractivity contribution in [1.29, 1.82) is 0 Å². The van der Waals surface area contributed by atoms with E-state index in [0.717, 1.165) is 6.07 Å². The number of ether oxygens (including phenoxy) is 1. The first-order valence-corrected chi connectivity index (χ1v) is 6.97. The Bertz CT molecular complexity index is 717. The number of carbonyl (C=O) groups is 1. The van der Waals surface area contributed by atoms with E-state index < -0.39 is 17.6 Å². The van der Waals surface area contributed by atoms with Gasteiger partial charge in [0.1, 0.15) is 5.75 Å². The maximum absolute atomic E-state index is 12.9. The van der Waals surface area contributed by atoms with Crippen molar-refractivity contribution in [3.63, 3.8) is 0 Å². The topological polar surface area (TPSA) is 38.3 Å². The summed E-state index contributed by atoms with van der Waals surface area (Å²) in [6.45, 7) is -0.250. The molecule has 0 aliphatic heterocycles. The first-order valence-electron chi connectivity index (χ1n) is 6.59. The summed E-state index contributed by atoms with van der Waals surface area (Å²) in [5, 5.41) is 2.85. The van der Waals surface area contributed by atoms with Crippen molar-refractivity contribution in [2.75, 3.05) is 7.11 Å². The molecule has 0 saturated carbocycles. The van der Waals surface area contributed by atoms with Gasteiger partial charge in [-0.15, -0.1) is 0 Å². The van der Waals surface area contributed by atoms with E-state index in [-0.39, 0.29) is 23.4 Å². The molecular formula is C16H13ClF3NO2. The number of nitrogens with one attached hydrogen (secondary N) is 1. The lowest BCUT2D eigenvalue weighted by molar-refractivity contribution is -0.138. The number of alkyl halides is 3. The summed E-state index contributed by atoms with van der Waals surface area (Å²) in [4.78, 5) is 12.2. The molecule has 2 aromatic rings. The molecule has 2 rings (SSSR count). The molecule has 0 spiro atoms. The van der Waals surface area contributed by atoms with Gasteiger partial charge in [-0.1, -0.05) is 29.8 Å². The van der Waals surface area contributed by atoms with Crippen molar-refractivity contribution in [3.8, 4) is 5.75 Å². The molecule has 23 heavy (non-hydrogen) atoms. The number of benzene rings is 2. The van der Waals surface area contributed by atoms with Crippen LogP contribution >= 0.6 is 11.6 Å². The Morgan fingerprint density at radius 3 is 2.57 bits per heavy atom. The highest BCUT2D eigenvalue weighted by atomic mass is 35.5. The van der Waals surface area contributed by atoms with E-state index >= 15 is 0 Å². The van der Waals surface area contributed by atoms with Crippen LogP contribution < -0.4 is 10.1 Å². The number of halogens is 4. The largest absolute Gasteiger partial charge is 0.496 e. The van der Waals surface area contributed by atoms with Crippen molar-refractivity contribution < 1.29 is 22.7 Å². The van der Waals surface area contributed by atoms with Crippen LogP contribution in [-0.2, 0) is 12.7 Å². The van der Waals surface area contributed by atoms with Crippen molar-refractivity contribution in [3.05, 3.63) is 64.2 Å². The maximum Gasteiger partial charge on any atom is 0.416 e. The zero-order chi connectivity index (χ0) is 17.0. The molecular weight excluding hydrogens is 331 g/mol. The van der Waals surface area contributed by atoms with E-state index in [9.17, 15) is 18.0 Å². The molecule has 2 aromatic carbocycles. The summed E-state index contributed by atoms with van der Waals surface area (Å²) in [5.74, 6) is -0.297. The van der Waals surface area contributed by atoms with Gasteiger partial charge in [0.15, 0.2) is 0 Å². The van der Waals surface area contributed by atoms with E-state index in [1.165, 1.54) is 43.5 Å². The highest BCUT2D eigenvalue weighted by Crippen LogP contribution is 2.32. The summed E-state index contributed by atoms with van der Waals surface area (Å²) in [7, 11) is 1.38. The SMILES string of the molecule is COc1cc(Cl)ccc1C(=O)NCc1ccccc1C(F)(F)F. The van der Waals surface area contributed by atoms with Crippen LogP contribution in [0.3, 0.4) is 0 Å². The molecule has 122 valence electrons. The molecule has 0 aromatic heterocycles. The van der Waals surface area contributed by atoms with Crippen LogP contribution in [0.4, 0.5) is 13.2 Å². The minimum atomic E-state index is -4.47. The standard InChI is InChI=1S/C16H13ClF3NO2/c1-23-14-8-11(17)6-7-12(14)15(22)21-9-10-4-2-3-5-13(10)16(18,19)20/h2-8H,9H2,1H3,(H,21,22). The highest BCUT2D eigenvalue weighted by molar-refractivity contribution is 6.30. The molecule has 1 N–H and O–H groups in total. The van der Waals surface area contributed by atoms with Gasteiger partial charge in [0.25, 0.3) is 5.91 Å². The normalized spacial score (nSPS) is 11.2. The number of hydrogen-bond acceptors (Lipinski definition) is 2. The second-order valence-electron chi connectivity index (χ2n) is 4.68. The van der Waals surface area contributed by atoms with E-state index in [2.05, 4.69) is 5.32 Å². The molecule has 3 nitrogen and oxygen atoms in total. The summed E-state index contributed by atoms with van der Waals surface area (Å²) < 4.78 is 43.8. The zero-order valence-electron chi connectivity index (χ0n) is 12.1. The predicted molar refractivity (Wildman–Crippen MR) is 80.6 cm³/mol. The first-order chi connectivity index (χ1) is 10.8. The number of rotatable bonds is 4. The Balaban J connectivity index is 2.18. The van der Waals surface area contributed by atoms with Gasteiger partial charge in [-0.25, -0.2) is 0 Å². The second kappa shape index (κ2) is 6.91. The summed E-state index contributed by atoms with van der Waals surface area (Å²) >= 11 is 5.81. The number of amides is 1. The maximum atomic E-state index is 12.9. The van der Waals surface area contributed by atoms with Crippen molar-refractivity contribution in [2.24, 2.45) is 0 Å². The molecule has 0 heterocycles. The van der Waals surface area contributed by atoms with Gasteiger partial charge in [0, 0.05) is 11.6 Å². The van der Waals surface area contributed by atoms with E-state index in [1.807, 2.05) is 0 Å². The molecule has 0 unspecified atom stereocenters. The molecule has 0 atom stereocenters. The molecule has 1 amide bonds. The third-order valence-corrected chi connectivity index (χ3v) is 3.41. The van der Waals surface area contributed by atoms with Gasteiger partial charge in [0.05, 0.1) is 18.2 Å². The lowest BCUT2D eigenvalue weighted by Gasteiger charge is -2.14. The number of methoxy groups -OCH3 is 1. The van der Waals surface area contributed by atoms with Crippen molar-refractivity contribution >= 4 is 17.5 Å². The third-order valence-electron chi connectivity index (χ3n) is 3.17. The van der Waals surface area contributed by atoms with Crippen LogP contribution in [0.1, 0.15) is 21.5 Å². The van der Waals surface area contributed by atoms with Crippen molar-refractivity contribution in [2.45, 2.75) is 12.7 Å². The molecule has 0 radical (unpaired) electrons. The molecule has 0 saturated heterocycles. The lowest BCUT2D eigenvalue weighted by atomic mass is 10.1. The highest BCUT2D eigenvalue weighted by Gasteiger charge is 2.32. The first kappa shape index (κ1) is 17.1. The summed E-state index contributed by atoms with van der Waals surface area (Å²) in [5.41, 5.74) is -0.592. The fraction of sp³-hybridized carbons (Fsp3) is 0.188. The third kappa shape index (κ3) is 4.16. The van der Waals surface area contributed by atoms with Gasteiger partial charge in [-0.3, -0.25) is 4.79 Å². The van der Waals surface area contributed by atoms with E-state index in [1.54, 1.807) is 0 Å². The quantitative estimate of drug-likeness (QED) is 0.899. The monoisotopic (exact) mass is 343 g/mol. The molecule has 0 bridgehead atoms. The Labute approximate surface area is 136 Å². The minimum absolute atomic E-state index is 0.0127. The van der Waals surface area contributed by atoms with Gasteiger partial charge in [0.2, 0.25) is 0 Å². The van der Waals surface area contributed by atoms with Crippen LogP contribution in [0.5, 0.6) is 5.75 Å². The Kier molecular flexibility index (Phi) is 5.15. The van der Waals surface area contributed by atoms with Crippen LogP contribution in [0.15, 0.2) is 42.5 Å². The molecule has 0 aliphatic carbocycles. The Hall–Kier alpha value is -2.21. The summed E-state index contributed by atoms with van der Waals surface area (Å²) in [6.07, 6.45) is -4.47. The molecule has 0 fully saturated rings. The average molecular weight is 344 g/mol. The van der Waals surface area contributed by atoms with Crippen molar-refractivity contribution in [1.82, 2.24) is 5.32 Å². The predicted octanol–water partition coefficient (Wildman–Crippen LogP) is 4.30. The fourth-order valence-electron chi connectivity index (χ4n) is 2.07. The molecule has 7 heteroatoms. The van der Waals surface area contributed by atoms with Crippen LogP contribution in [0.25, 0.3) is 0 Å². The average Bonchev–Trinajstić information content (AvgIpc) is 2.51.